The summed E-state index contributed by atoms with van der Waals surface area (Å²) in [5.41, 5.74) is 18.3. The van der Waals surface area contributed by atoms with E-state index in [1.807, 2.05) is 103 Å². The highest BCUT2D eigenvalue weighted by molar-refractivity contribution is 6.50. The summed E-state index contributed by atoms with van der Waals surface area (Å²) in [6.07, 6.45) is 7.27. The molecule has 0 aliphatic heterocycles. The lowest BCUT2D eigenvalue weighted by Gasteiger charge is -2.26. The molecule has 10 heteroatoms. The summed E-state index contributed by atoms with van der Waals surface area (Å²) in [6.45, 7) is 0. The topological polar surface area (TPSA) is 112 Å². The Balaban J connectivity index is 0.882. The number of fused-ring (bicyclic) bond motifs is 7. The number of hydrogen-bond donors (Lipinski definition) is 2. The highest BCUT2D eigenvalue weighted by atomic mass is 16.3. The summed E-state index contributed by atoms with van der Waals surface area (Å²) in [5, 5.41) is 26.7. The van der Waals surface area contributed by atoms with E-state index in [1.165, 1.54) is 0 Å². The number of benzene rings is 9. The van der Waals surface area contributed by atoms with Crippen LogP contribution in [0.1, 0.15) is 0 Å². The number of hydrogen-bond acceptors (Lipinski definition) is 9. The SMILES string of the molecule is N=C1C=CC=C/C1=N/Nc1cccc(N(c2ccc(-c3ccc(N(c4cccc(-n5nc6ccccc6n5)c4)c4cccc5c4oc4ccccc45)cc3)cc2)c2cccc3c2oc2ccccc23)c1. The molecule has 0 spiro atoms. The molecule has 0 bridgehead atoms. The van der Waals surface area contributed by atoms with Crippen molar-refractivity contribution in [1.82, 2.24) is 15.0 Å². The number of para-hydroxylation sites is 4. The van der Waals surface area contributed by atoms with E-state index in [2.05, 4.69) is 142 Å². The van der Waals surface area contributed by atoms with Gasteiger partial charge in [-0.25, -0.2) is 0 Å². The van der Waals surface area contributed by atoms with Crippen LogP contribution in [0.15, 0.2) is 244 Å². The van der Waals surface area contributed by atoms with E-state index in [4.69, 9.17) is 24.4 Å². The van der Waals surface area contributed by atoms with Gasteiger partial charge in [0.25, 0.3) is 0 Å². The van der Waals surface area contributed by atoms with Crippen LogP contribution >= 0.6 is 0 Å². The number of anilines is 7. The highest BCUT2D eigenvalue weighted by Gasteiger charge is 2.22. The van der Waals surface area contributed by atoms with Crippen molar-refractivity contribution < 1.29 is 8.83 Å². The minimum Gasteiger partial charge on any atom is -0.454 e. The summed E-state index contributed by atoms with van der Waals surface area (Å²) >= 11 is 0. The molecular formula is C60H40N8O2. The average Bonchev–Trinajstić information content (AvgIpc) is 4.14. The molecule has 1 aliphatic rings. The monoisotopic (exact) mass is 904 g/mol. The van der Waals surface area contributed by atoms with Crippen molar-refractivity contribution >= 4 is 106 Å². The molecule has 3 heterocycles. The quantitative estimate of drug-likeness (QED) is 0.104. The van der Waals surface area contributed by atoms with Gasteiger partial charge in [0.2, 0.25) is 0 Å². The third kappa shape index (κ3) is 7.15. The second kappa shape index (κ2) is 16.8. The van der Waals surface area contributed by atoms with Crippen LogP contribution in [-0.4, -0.2) is 26.4 Å². The Morgan fingerprint density at radius 2 is 0.957 bits per heavy atom. The Bertz CT molecular complexity index is 4050. The lowest BCUT2D eigenvalue weighted by Crippen LogP contribution is -2.12. The first-order valence-electron chi connectivity index (χ1n) is 23.0. The van der Waals surface area contributed by atoms with Crippen LogP contribution < -0.4 is 15.2 Å². The fourth-order valence-electron chi connectivity index (χ4n) is 9.42. The fraction of sp³-hybridized carbons (Fsp3) is 0. The first-order chi connectivity index (χ1) is 34.6. The lowest BCUT2D eigenvalue weighted by atomic mass is 10.0. The molecule has 9 aromatic carbocycles. The third-order valence-electron chi connectivity index (χ3n) is 12.8. The average molecular weight is 905 g/mol. The van der Waals surface area contributed by atoms with Gasteiger partial charge < -0.3 is 18.6 Å². The van der Waals surface area contributed by atoms with Crippen molar-refractivity contribution in [1.29, 1.82) is 5.41 Å². The fourth-order valence-corrected chi connectivity index (χ4v) is 9.42. The molecule has 3 aromatic heterocycles. The molecule has 12 aromatic rings. The van der Waals surface area contributed by atoms with Crippen LogP contribution in [0, 0.1) is 5.41 Å². The van der Waals surface area contributed by atoms with Gasteiger partial charge in [-0.1, -0.05) is 121 Å². The lowest BCUT2D eigenvalue weighted by molar-refractivity contribution is 0.668. The van der Waals surface area contributed by atoms with Crippen LogP contribution in [0.5, 0.6) is 0 Å². The number of nitrogens with zero attached hydrogens (tertiary/aromatic N) is 6. The standard InChI is InChI=1S/C60H40N8O2/c61-51-21-3-4-22-52(51)63-62-41-13-9-14-44(37-41)66(55-25-11-19-49-47-17-1-7-27-57(47)69-59(49)55)42-33-29-39(30-34-42)40-31-35-43(36-32-40)67(56-26-12-20-50-48-18-2-8-28-58(48)70-60(50)56)45-15-10-16-46(38-45)68-64-53-23-5-6-24-54(53)65-68/h1-38,61-62H/b61-51?,63-52-. The number of allylic oxidation sites excluding steroid dienone is 4. The zero-order chi connectivity index (χ0) is 46.5. The summed E-state index contributed by atoms with van der Waals surface area (Å²) in [4.78, 5) is 6.15. The van der Waals surface area contributed by atoms with Crippen molar-refractivity contribution in [2.45, 2.75) is 0 Å². The maximum Gasteiger partial charge on any atom is 0.159 e. The first kappa shape index (κ1) is 40.5. The molecule has 332 valence electrons. The molecule has 1 aliphatic carbocycles. The molecule has 0 unspecified atom stereocenters. The maximum absolute atomic E-state index is 8.31. The summed E-state index contributed by atoms with van der Waals surface area (Å²) in [5.74, 6) is 0. The Morgan fingerprint density at radius 3 is 1.54 bits per heavy atom. The molecule has 0 atom stereocenters. The van der Waals surface area contributed by atoms with E-state index >= 15 is 0 Å². The Hall–Kier alpha value is -9.80. The minimum absolute atomic E-state index is 0.347. The summed E-state index contributed by atoms with van der Waals surface area (Å²) in [6, 6.07) is 70.5. The Labute approximate surface area is 401 Å². The summed E-state index contributed by atoms with van der Waals surface area (Å²) in [7, 11) is 0. The van der Waals surface area contributed by atoms with E-state index in [-0.39, 0.29) is 0 Å². The Morgan fingerprint density at radius 1 is 0.457 bits per heavy atom. The van der Waals surface area contributed by atoms with Crippen molar-refractivity contribution in [2.24, 2.45) is 5.10 Å². The molecule has 0 saturated carbocycles. The molecule has 0 saturated heterocycles. The highest BCUT2D eigenvalue weighted by Crippen LogP contribution is 2.45. The van der Waals surface area contributed by atoms with Crippen LogP contribution in [-0.2, 0) is 0 Å². The van der Waals surface area contributed by atoms with Crippen molar-refractivity contribution in [2.75, 3.05) is 15.2 Å². The smallest absolute Gasteiger partial charge is 0.159 e. The van der Waals surface area contributed by atoms with Crippen molar-refractivity contribution in [3.05, 3.63) is 231 Å². The van der Waals surface area contributed by atoms with E-state index in [0.717, 1.165) is 112 Å². The van der Waals surface area contributed by atoms with Gasteiger partial charge in [0.1, 0.15) is 27.9 Å². The summed E-state index contributed by atoms with van der Waals surface area (Å²) < 4.78 is 13.2. The molecular weight excluding hydrogens is 865 g/mol. The van der Waals surface area contributed by atoms with E-state index in [1.54, 1.807) is 10.9 Å². The van der Waals surface area contributed by atoms with Gasteiger partial charge in [-0.15, -0.1) is 10.2 Å². The zero-order valence-corrected chi connectivity index (χ0v) is 37.4. The predicted molar refractivity (Wildman–Crippen MR) is 285 cm³/mol. The van der Waals surface area contributed by atoms with Gasteiger partial charge in [0.15, 0.2) is 11.2 Å². The van der Waals surface area contributed by atoms with Crippen LogP contribution in [0.2, 0.25) is 0 Å². The molecule has 0 amide bonds. The predicted octanol–water partition coefficient (Wildman–Crippen LogP) is 15.7. The number of rotatable bonds is 10. The van der Waals surface area contributed by atoms with Crippen LogP contribution in [0.3, 0.4) is 0 Å². The van der Waals surface area contributed by atoms with E-state index in [0.29, 0.717) is 11.4 Å². The number of hydrazone groups is 1. The van der Waals surface area contributed by atoms with Gasteiger partial charge in [0, 0.05) is 44.3 Å². The number of aromatic nitrogens is 3. The van der Waals surface area contributed by atoms with Gasteiger partial charge >= 0.3 is 0 Å². The molecule has 2 N–H and O–H groups in total. The number of nitrogens with one attached hydrogen (secondary N) is 2. The van der Waals surface area contributed by atoms with E-state index in [9.17, 15) is 0 Å². The zero-order valence-electron chi connectivity index (χ0n) is 37.4. The third-order valence-corrected chi connectivity index (χ3v) is 12.8. The molecule has 70 heavy (non-hydrogen) atoms. The maximum atomic E-state index is 8.31. The number of furan rings is 2. The molecule has 0 radical (unpaired) electrons. The van der Waals surface area contributed by atoms with Gasteiger partial charge in [-0.2, -0.15) is 9.90 Å². The normalized spacial score (nSPS) is 13.1. The molecule has 10 nitrogen and oxygen atoms in total. The largest absolute Gasteiger partial charge is 0.454 e. The second-order valence-electron chi connectivity index (χ2n) is 17.1. The van der Waals surface area contributed by atoms with Crippen LogP contribution in [0.25, 0.3) is 71.7 Å². The van der Waals surface area contributed by atoms with Gasteiger partial charge in [0.05, 0.1) is 28.5 Å². The van der Waals surface area contributed by atoms with Crippen molar-refractivity contribution in [3.63, 3.8) is 0 Å². The van der Waals surface area contributed by atoms with Crippen LogP contribution in [0.4, 0.5) is 39.8 Å². The van der Waals surface area contributed by atoms with Crippen molar-refractivity contribution in [3.8, 4) is 16.8 Å². The first-order valence-corrected chi connectivity index (χ1v) is 23.0. The minimum atomic E-state index is 0.347. The van der Waals surface area contributed by atoms with Gasteiger partial charge in [-0.05, 0) is 120 Å². The second-order valence-corrected chi connectivity index (χ2v) is 17.1. The van der Waals surface area contributed by atoms with Gasteiger partial charge in [-0.3, -0.25) is 10.8 Å². The molecule has 0 fully saturated rings. The van der Waals surface area contributed by atoms with E-state index < -0.39 is 0 Å². The molecule has 13 rings (SSSR count). The Kier molecular flexibility index (Phi) is 9.72.